The summed E-state index contributed by atoms with van der Waals surface area (Å²) < 4.78 is 5.57. The van der Waals surface area contributed by atoms with E-state index in [9.17, 15) is 9.90 Å². The maximum Gasteiger partial charge on any atom is 0.317 e. The number of aliphatic hydroxyl groups is 1. The molecular formula is C18H28N2O3. The summed E-state index contributed by atoms with van der Waals surface area (Å²) in [5.41, 5.74) is 0.117. The van der Waals surface area contributed by atoms with Crippen LogP contribution in [0.3, 0.4) is 0 Å². The predicted molar refractivity (Wildman–Crippen MR) is 90.1 cm³/mol. The zero-order valence-electron chi connectivity index (χ0n) is 14.1. The Kier molecular flexibility index (Phi) is 6.42. The fraction of sp³-hybridized carbons (Fsp3) is 0.611. The van der Waals surface area contributed by atoms with Crippen molar-refractivity contribution >= 4 is 6.03 Å². The van der Waals surface area contributed by atoms with E-state index in [0.29, 0.717) is 13.1 Å². The molecule has 1 atom stereocenters. The molecule has 128 valence electrons. The van der Waals surface area contributed by atoms with Gasteiger partial charge in [-0.1, -0.05) is 30.3 Å². The van der Waals surface area contributed by atoms with Crippen LogP contribution in [0.25, 0.3) is 0 Å². The number of nitrogens with zero attached hydrogens (tertiary/aromatic N) is 1. The standard InChI is InChI=1S/C18H28N2O3/c1-18(2,22)14-20(13-15-7-4-3-5-8-15)17(21)19-11-10-16-9-6-12-23-16/h3-5,7-8,16,22H,6,9-14H2,1-2H3,(H,19,21). The van der Waals surface area contributed by atoms with Gasteiger partial charge in [0.1, 0.15) is 0 Å². The fourth-order valence-electron chi connectivity index (χ4n) is 2.79. The van der Waals surface area contributed by atoms with Gasteiger partial charge >= 0.3 is 6.03 Å². The van der Waals surface area contributed by atoms with Gasteiger partial charge in [-0.25, -0.2) is 4.79 Å². The minimum Gasteiger partial charge on any atom is -0.389 e. The SMILES string of the molecule is CC(C)(O)CN(Cc1ccccc1)C(=O)NCCC1CCCO1. The zero-order chi connectivity index (χ0) is 16.7. The highest BCUT2D eigenvalue weighted by atomic mass is 16.5. The predicted octanol–water partition coefficient (Wildman–Crippen LogP) is 2.54. The van der Waals surface area contributed by atoms with Crippen LogP contribution in [0.5, 0.6) is 0 Å². The van der Waals surface area contributed by atoms with Crippen LogP contribution in [-0.4, -0.2) is 47.4 Å². The minimum absolute atomic E-state index is 0.144. The summed E-state index contributed by atoms with van der Waals surface area (Å²) in [5.74, 6) is 0. The van der Waals surface area contributed by atoms with Gasteiger partial charge in [-0.3, -0.25) is 0 Å². The van der Waals surface area contributed by atoms with Crippen LogP contribution >= 0.6 is 0 Å². The summed E-state index contributed by atoms with van der Waals surface area (Å²) in [4.78, 5) is 14.1. The number of hydrogen-bond acceptors (Lipinski definition) is 3. The minimum atomic E-state index is -0.930. The molecule has 1 fully saturated rings. The van der Waals surface area contributed by atoms with Crippen molar-refractivity contribution in [3.05, 3.63) is 35.9 Å². The lowest BCUT2D eigenvalue weighted by atomic mass is 10.1. The lowest BCUT2D eigenvalue weighted by Gasteiger charge is -2.29. The Morgan fingerprint density at radius 3 is 2.74 bits per heavy atom. The number of nitrogens with one attached hydrogen (secondary N) is 1. The fourth-order valence-corrected chi connectivity index (χ4v) is 2.79. The Labute approximate surface area is 138 Å². The van der Waals surface area contributed by atoms with E-state index in [2.05, 4.69) is 5.32 Å². The molecule has 1 aromatic carbocycles. The van der Waals surface area contributed by atoms with Crippen molar-refractivity contribution in [1.29, 1.82) is 0 Å². The van der Waals surface area contributed by atoms with E-state index in [1.54, 1.807) is 18.7 Å². The summed E-state index contributed by atoms with van der Waals surface area (Å²) in [7, 11) is 0. The monoisotopic (exact) mass is 320 g/mol. The zero-order valence-corrected chi connectivity index (χ0v) is 14.1. The van der Waals surface area contributed by atoms with E-state index in [4.69, 9.17) is 4.74 Å². The lowest BCUT2D eigenvalue weighted by Crippen LogP contribution is -2.46. The molecule has 1 saturated heterocycles. The molecule has 2 amide bonds. The highest BCUT2D eigenvalue weighted by Crippen LogP contribution is 2.15. The molecule has 0 radical (unpaired) electrons. The van der Waals surface area contributed by atoms with Crippen LogP contribution in [0.4, 0.5) is 4.79 Å². The number of hydrogen-bond donors (Lipinski definition) is 2. The molecule has 0 aliphatic carbocycles. The highest BCUT2D eigenvalue weighted by molar-refractivity contribution is 5.74. The van der Waals surface area contributed by atoms with Gasteiger partial charge in [-0.2, -0.15) is 0 Å². The molecule has 2 rings (SSSR count). The van der Waals surface area contributed by atoms with Crippen molar-refractivity contribution < 1.29 is 14.6 Å². The maximum atomic E-state index is 12.5. The van der Waals surface area contributed by atoms with Crippen molar-refractivity contribution in [3.8, 4) is 0 Å². The Bertz CT molecular complexity index is 479. The van der Waals surface area contributed by atoms with Crippen LogP contribution in [0.1, 0.15) is 38.7 Å². The van der Waals surface area contributed by atoms with Crippen LogP contribution in [0, 0.1) is 0 Å². The van der Waals surface area contributed by atoms with E-state index in [1.165, 1.54) is 0 Å². The molecule has 1 unspecified atom stereocenters. The second-order valence-corrected chi connectivity index (χ2v) is 6.81. The van der Waals surface area contributed by atoms with Crippen LogP contribution in [0.2, 0.25) is 0 Å². The van der Waals surface area contributed by atoms with Gasteiger partial charge in [0, 0.05) is 19.7 Å². The average Bonchev–Trinajstić information content (AvgIpc) is 2.99. The molecule has 23 heavy (non-hydrogen) atoms. The van der Waals surface area contributed by atoms with Crippen molar-refractivity contribution in [2.24, 2.45) is 0 Å². The number of rotatable bonds is 7. The molecule has 5 nitrogen and oxygen atoms in total. The Morgan fingerprint density at radius 2 is 2.13 bits per heavy atom. The average molecular weight is 320 g/mol. The number of urea groups is 1. The van der Waals surface area contributed by atoms with E-state index in [0.717, 1.165) is 31.4 Å². The third-order valence-electron chi connectivity index (χ3n) is 3.85. The van der Waals surface area contributed by atoms with Crippen LogP contribution in [-0.2, 0) is 11.3 Å². The first kappa shape index (κ1) is 17.8. The van der Waals surface area contributed by atoms with Gasteiger partial charge in [0.25, 0.3) is 0 Å². The topological polar surface area (TPSA) is 61.8 Å². The molecule has 0 saturated carbocycles. The summed E-state index contributed by atoms with van der Waals surface area (Å²) in [6, 6.07) is 9.67. The Morgan fingerprint density at radius 1 is 1.39 bits per heavy atom. The van der Waals surface area contributed by atoms with E-state index in [-0.39, 0.29) is 18.7 Å². The third-order valence-corrected chi connectivity index (χ3v) is 3.85. The number of carbonyl (C=O) groups is 1. The smallest absolute Gasteiger partial charge is 0.317 e. The quantitative estimate of drug-likeness (QED) is 0.811. The maximum absolute atomic E-state index is 12.5. The van der Waals surface area contributed by atoms with E-state index >= 15 is 0 Å². The number of benzene rings is 1. The summed E-state index contributed by atoms with van der Waals surface area (Å²) in [6.45, 7) is 5.62. The number of carbonyl (C=O) groups excluding carboxylic acids is 1. The van der Waals surface area contributed by atoms with Gasteiger partial charge in [-0.15, -0.1) is 0 Å². The Hall–Kier alpha value is -1.59. The van der Waals surface area contributed by atoms with Gasteiger partial charge in [0.2, 0.25) is 0 Å². The van der Waals surface area contributed by atoms with Crippen molar-refractivity contribution in [2.45, 2.75) is 51.4 Å². The molecule has 1 heterocycles. The summed E-state index contributed by atoms with van der Waals surface area (Å²) in [6.07, 6.45) is 3.30. The van der Waals surface area contributed by atoms with Gasteiger partial charge in [0.05, 0.1) is 18.2 Å². The summed E-state index contributed by atoms with van der Waals surface area (Å²) >= 11 is 0. The summed E-state index contributed by atoms with van der Waals surface area (Å²) in [5, 5.41) is 13.0. The third kappa shape index (κ3) is 6.59. The molecule has 1 aliphatic heterocycles. The lowest BCUT2D eigenvalue weighted by molar-refractivity contribution is 0.0443. The van der Waals surface area contributed by atoms with E-state index < -0.39 is 5.60 Å². The molecule has 1 aliphatic rings. The van der Waals surface area contributed by atoms with Crippen LogP contribution < -0.4 is 5.32 Å². The van der Waals surface area contributed by atoms with Crippen molar-refractivity contribution in [3.63, 3.8) is 0 Å². The first-order valence-corrected chi connectivity index (χ1v) is 8.35. The molecule has 1 aromatic rings. The van der Waals surface area contributed by atoms with Crippen molar-refractivity contribution in [1.82, 2.24) is 10.2 Å². The number of ether oxygens (including phenoxy) is 1. The first-order chi connectivity index (χ1) is 10.9. The first-order valence-electron chi connectivity index (χ1n) is 8.35. The van der Waals surface area contributed by atoms with Gasteiger partial charge < -0.3 is 20.1 Å². The molecule has 0 aromatic heterocycles. The van der Waals surface area contributed by atoms with Gasteiger partial charge in [-0.05, 0) is 38.7 Å². The van der Waals surface area contributed by atoms with Crippen LogP contribution in [0.15, 0.2) is 30.3 Å². The van der Waals surface area contributed by atoms with Crippen molar-refractivity contribution in [2.75, 3.05) is 19.7 Å². The molecular weight excluding hydrogens is 292 g/mol. The largest absolute Gasteiger partial charge is 0.389 e. The second kappa shape index (κ2) is 8.31. The molecule has 5 heteroatoms. The highest BCUT2D eigenvalue weighted by Gasteiger charge is 2.23. The van der Waals surface area contributed by atoms with Gasteiger partial charge in [0.15, 0.2) is 0 Å². The second-order valence-electron chi connectivity index (χ2n) is 6.81. The normalized spacial score (nSPS) is 18.0. The Balaban J connectivity index is 1.88. The molecule has 0 spiro atoms. The van der Waals surface area contributed by atoms with E-state index in [1.807, 2.05) is 30.3 Å². The molecule has 2 N–H and O–H groups in total. The molecule has 0 bridgehead atoms. The number of amides is 2.